The van der Waals surface area contributed by atoms with Gasteiger partial charge in [-0.25, -0.2) is 0 Å². The molecule has 1 aliphatic rings. The first-order valence-corrected chi connectivity index (χ1v) is 7.63. The number of likely N-dealkylation sites (N-methyl/N-ethyl adjacent to an activating group) is 2. The van der Waals surface area contributed by atoms with Crippen LogP contribution in [0.15, 0.2) is 0 Å². The lowest BCUT2D eigenvalue weighted by atomic mass is 9.97. The van der Waals surface area contributed by atoms with Crippen molar-refractivity contribution in [2.75, 3.05) is 47.9 Å². The molecule has 0 aromatic carbocycles. The van der Waals surface area contributed by atoms with Gasteiger partial charge in [-0.1, -0.05) is 6.92 Å². The molecule has 0 aromatic rings. The summed E-state index contributed by atoms with van der Waals surface area (Å²) in [7, 11) is 7.82. The first kappa shape index (κ1) is 17.4. The predicted molar refractivity (Wildman–Crippen MR) is 81.9 cm³/mol. The van der Waals surface area contributed by atoms with Gasteiger partial charge in [0.2, 0.25) is 0 Å². The summed E-state index contributed by atoms with van der Waals surface area (Å²) >= 11 is 0. The number of ether oxygens (including phenoxy) is 1. The second-order valence-electron chi connectivity index (χ2n) is 6.18. The van der Waals surface area contributed by atoms with E-state index in [4.69, 9.17) is 4.74 Å². The maximum Gasteiger partial charge on any atom is 0.326 e. The molecule has 1 fully saturated rings. The zero-order valence-electron chi connectivity index (χ0n) is 13.7. The van der Waals surface area contributed by atoms with E-state index in [1.54, 1.807) is 0 Å². The van der Waals surface area contributed by atoms with Gasteiger partial charge in [0, 0.05) is 19.1 Å². The molecule has 0 bridgehead atoms. The molecule has 1 N–H and O–H groups in total. The topological polar surface area (TPSA) is 44.8 Å². The average molecular weight is 285 g/mol. The largest absolute Gasteiger partial charge is 0.468 e. The summed E-state index contributed by atoms with van der Waals surface area (Å²) in [5.41, 5.74) is -0.470. The highest BCUT2D eigenvalue weighted by Gasteiger charge is 2.46. The first-order chi connectivity index (χ1) is 9.45. The fourth-order valence-corrected chi connectivity index (χ4v) is 2.91. The lowest BCUT2D eigenvalue weighted by Gasteiger charge is -2.30. The van der Waals surface area contributed by atoms with E-state index < -0.39 is 5.54 Å². The standard InChI is InChI=1S/C15H31N3O2/c1-6-9-16-15(14(19)20-5)8-7-13(12-15)18(4)11-10-17(2)3/h13,16H,6-12H2,1-5H3. The van der Waals surface area contributed by atoms with Crippen molar-refractivity contribution in [3.63, 3.8) is 0 Å². The van der Waals surface area contributed by atoms with Gasteiger partial charge in [-0.2, -0.15) is 0 Å². The molecule has 20 heavy (non-hydrogen) atoms. The number of rotatable bonds is 8. The van der Waals surface area contributed by atoms with Crippen molar-refractivity contribution >= 4 is 5.97 Å². The molecule has 2 atom stereocenters. The van der Waals surface area contributed by atoms with Gasteiger partial charge >= 0.3 is 5.97 Å². The van der Waals surface area contributed by atoms with E-state index in [2.05, 4.69) is 43.2 Å². The normalized spacial score (nSPS) is 26.4. The van der Waals surface area contributed by atoms with E-state index in [9.17, 15) is 4.79 Å². The Bertz CT molecular complexity index is 309. The molecule has 1 aliphatic carbocycles. The van der Waals surface area contributed by atoms with E-state index in [1.807, 2.05) is 0 Å². The van der Waals surface area contributed by atoms with Crippen molar-refractivity contribution in [1.82, 2.24) is 15.1 Å². The van der Waals surface area contributed by atoms with Gasteiger partial charge < -0.3 is 19.9 Å². The van der Waals surface area contributed by atoms with Crippen LogP contribution in [0.1, 0.15) is 32.6 Å². The molecule has 0 saturated heterocycles. The smallest absolute Gasteiger partial charge is 0.326 e. The second-order valence-corrected chi connectivity index (χ2v) is 6.18. The van der Waals surface area contributed by atoms with Crippen LogP contribution in [0.3, 0.4) is 0 Å². The monoisotopic (exact) mass is 285 g/mol. The van der Waals surface area contributed by atoms with Crippen LogP contribution in [-0.2, 0) is 9.53 Å². The van der Waals surface area contributed by atoms with Crippen LogP contribution < -0.4 is 5.32 Å². The van der Waals surface area contributed by atoms with Gasteiger partial charge in [-0.05, 0) is 53.4 Å². The third kappa shape index (κ3) is 4.43. The van der Waals surface area contributed by atoms with Crippen molar-refractivity contribution in [3.8, 4) is 0 Å². The van der Waals surface area contributed by atoms with E-state index in [1.165, 1.54) is 7.11 Å². The molecule has 0 radical (unpaired) electrons. The van der Waals surface area contributed by atoms with Crippen LogP contribution in [0.5, 0.6) is 0 Å². The van der Waals surface area contributed by atoms with Gasteiger partial charge in [-0.15, -0.1) is 0 Å². The van der Waals surface area contributed by atoms with E-state index in [-0.39, 0.29) is 5.97 Å². The number of hydrogen-bond acceptors (Lipinski definition) is 5. The Labute approximate surface area is 123 Å². The maximum absolute atomic E-state index is 12.2. The predicted octanol–water partition coefficient (Wildman–Crippen LogP) is 0.944. The molecule has 2 unspecified atom stereocenters. The van der Waals surface area contributed by atoms with Gasteiger partial charge in [0.05, 0.1) is 7.11 Å². The SMILES string of the molecule is CCCNC1(C(=O)OC)CCC(N(C)CCN(C)C)C1. The fourth-order valence-electron chi connectivity index (χ4n) is 2.91. The quantitative estimate of drug-likeness (QED) is 0.673. The Morgan fingerprint density at radius 3 is 2.60 bits per heavy atom. The third-order valence-electron chi connectivity index (χ3n) is 4.30. The highest BCUT2D eigenvalue weighted by molar-refractivity contribution is 5.81. The number of esters is 1. The molecule has 5 heteroatoms. The van der Waals surface area contributed by atoms with E-state index >= 15 is 0 Å². The van der Waals surface area contributed by atoms with Crippen molar-refractivity contribution < 1.29 is 9.53 Å². The first-order valence-electron chi connectivity index (χ1n) is 7.63. The minimum absolute atomic E-state index is 0.102. The zero-order valence-corrected chi connectivity index (χ0v) is 13.7. The Morgan fingerprint density at radius 1 is 1.35 bits per heavy atom. The summed E-state index contributed by atoms with van der Waals surface area (Å²) in [6.45, 7) is 5.06. The molecule has 1 saturated carbocycles. The van der Waals surface area contributed by atoms with Crippen molar-refractivity contribution in [2.24, 2.45) is 0 Å². The minimum Gasteiger partial charge on any atom is -0.468 e. The number of carbonyl (C=O) groups is 1. The summed E-state index contributed by atoms with van der Waals surface area (Å²) in [5, 5.41) is 3.43. The zero-order chi connectivity index (χ0) is 15.2. The number of methoxy groups -OCH3 is 1. The van der Waals surface area contributed by atoms with Gasteiger partial charge in [0.1, 0.15) is 5.54 Å². The van der Waals surface area contributed by atoms with Crippen molar-refractivity contribution in [3.05, 3.63) is 0 Å². The summed E-state index contributed by atoms with van der Waals surface area (Å²) in [6.07, 6.45) is 3.80. The van der Waals surface area contributed by atoms with Crippen LogP contribution in [0.2, 0.25) is 0 Å². The van der Waals surface area contributed by atoms with E-state index in [0.29, 0.717) is 6.04 Å². The lowest BCUT2D eigenvalue weighted by Crippen LogP contribution is -2.52. The van der Waals surface area contributed by atoms with Crippen LogP contribution in [0.25, 0.3) is 0 Å². The lowest BCUT2D eigenvalue weighted by molar-refractivity contribution is -0.148. The van der Waals surface area contributed by atoms with Crippen LogP contribution in [-0.4, -0.2) is 75.2 Å². The average Bonchev–Trinajstić information content (AvgIpc) is 2.87. The Hall–Kier alpha value is -0.650. The van der Waals surface area contributed by atoms with E-state index in [0.717, 1.165) is 45.3 Å². The number of nitrogens with zero attached hydrogens (tertiary/aromatic N) is 2. The Balaban J connectivity index is 2.61. The van der Waals surface area contributed by atoms with Gasteiger partial charge in [0.25, 0.3) is 0 Å². The van der Waals surface area contributed by atoms with Gasteiger partial charge in [0.15, 0.2) is 0 Å². The Morgan fingerprint density at radius 2 is 2.05 bits per heavy atom. The molecule has 5 nitrogen and oxygen atoms in total. The Kier molecular flexibility index (Phi) is 6.92. The number of hydrogen-bond donors (Lipinski definition) is 1. The highest BCUT2D eigenvalue weighted by atomic mass is 16.5. The molecule has 118 valence electrons. The molecule has 1 rings (SSSR count). The molecule has 0 aromatic heterocycles. The molecule has 0 amide bonds. The summed E-state index contributed by atoms with van der Waals surface area (Å²) < 4.78 is 5.03. The fraction of sp³-hybridized carbons (Fsp3) is 0.933. The summed E-state index contributed by atoms with van der Waals surface area (Å²) in [5.74, 6) is -0.102. The van der Waals surface area contributed by atoms with Crippen LogP contribution >= 0.6 is 0 Å². The summed E-state index contributed by atoms with van der Waals surface area (Å²) in [4.78, 5) is 16.7. The number of nitrogens with one attached hydrogen (secondary N) is 1. The molecular weight excluding hydrogens is 254 g/mol. The van der Waals surface area contributed by atoms with Crippen LogP contribution in [0.4, 0.5) is 0 Å². The third-order valence-corrected chi connectivity index (χ3v) is 4.30. The van der Waals surface area contributed by atoms with Crippen molar-refractivity contribution in [2.45, 2.75) is 44.2 Å². The van der Waals surface area contributed by atoms with Crippen LogP contribution in [0, 0.1) is 0 Å². The number of carbonyl (C=O) groups excluding carboxylic acids is 1. The molecule has 0 spiro atoms. The summed E-state index contributed by atoms with van der Waals surface area (Å²) in [6, 6.07) is 0.457. The van der Waals surface area contributed by atoms with Gasteiger partial charge in [-0.3, -0.25) is 4.79 Å². The maximum atomic E-state index is 12.2. The minimum atomic E-state index is -0.470. The van der Waals surface area contributed by atoms with Crippen molar-refractivity contribution in [1.29, 1.82) is 0 Å². The highest BCUT2D eigenvalue weighted by Crippen LogP contribution is 2.33. The second kappa shape index (κ2) is 7.96. The molecule has 0 aliphatic heterocycles. The molecule has 0 heterocycles. The molecular formula is C15H31N3O2.